The number of nitrogens with zero attached hydrogens (tertiary/aromatic N) is 2. The standard InChI is InChI=1S/C15H24N2O2/c1-5-17-11(2)8-14(12(17)3)15(18)9-16(4)13-6-7-19-10-13/h8,13H,5-7,9-10H2,1-4H3. The SMILES string of the molecule is CCn1c(C)cc(C(=O)CN(C)C2CCOC2)c1C. The van der Waals surface area contributed by atoms with E-state index in [0.29, 0.717) is 12.6 Å². The van der Waals surface area contributed by atoms with Gasteiger partial charge in [-0.3, -0.25) is 9.69 Å². The normalized spacial score (nSPS) is 19.3. The lowest BCUT2D eigenvalue weighted by Gasteiger charge is -2.21. The number of likely N-dealkylation sites (N-methyl/N-ethyl adjacent to an activating group) is 1. The second-order valence-corrected chi connectivity index (χ2v) is 5.38. The molecule has 0 radical (unpaired) electrons. The lowest BCUT2D eigenvalue weighted by atomic mass is 10.1. The first-order valence-electron chi connectivity index (χ1n) is 7.02. The molecule has 106 valence electrons. The molecule has 0 aromatic carbocycles. The number of carbonyl (C=O) groups is 1. The number of ketones is 1. The number of Topliss-reactive ketones (excluding diaryl/α,β-unsaturated/α-hetero) is 1. The maximum Gasteiger partial charge on any atom is 0.178 e. The van der Waals surface area contributed by atoms with Gasteiger partial charge in [-0.2, -0.15) is 0 Å². The quantitative estimate of drug-likeness (QED) is 0.763. The lowest BCUT2D eigenvalue weighted by Crippen LogP contribution is -2.36. The number of hydrogen-bond donors (Lipinski definition) is 0. The van der Waals surface area contributed by atoms with Crippen molar-refractivity contribution in [2.75, 3.05) is 26.8 Å². The Hall–Kier alpha value is -1.13. The third-order valence-corrected chi connectivity index (χ3v) is 4.11. The smallest absolute Gasteiger partial charge is 0.178 e. The molecule has 0 N–H and O–H groups in total. The Labute approximate surface area is 115 Å². The highest BCUT2D eigenvalue weighted by Gasteiger charge is 2.23. The van der Waals surface area contributed by atoms with Crippen LogP contribution in [0.4, 0.5) is 0 Å². The average Bonchev–Trinajstić information content (AvgIpc) is 2.97. The summed E-state index contributed by atoms with van der Waals surface area (Å²) in [5, 5.41) is 0. The fraction of sp³-hybridized carbons (Fsp3) is 0.667. The summed E-state index contributed by atoms with van der Waals surface area (Å²) in [6.07, 6.45) is 1.03. The van der Waals surface area contributed by atoms with Gasteiger partial charge in [0.1, 0.15) is 0 Å². The van der Waals surface area contributed by atoms with Crippen molar-refractivity contribution in [3.63, 3.8) is 0 Å². The fourth-order valence-corrected chi connectivity index (χ4v) is 2.88. The zero-order chi connectivity index (χ0) is 14.0. The van der Waals surface area contributed by atoms with Crippen LogP contribution in [0.5, 0.6) is 0 Å². The molecule has 1 atom stereocenters. The maximum absolute atomic E-state index is 12.4. The molecule has 1 aromatic rings. The van der Waals surface area contributed by atoms with Crippen LogP contribution in [0.1, 0.15) is 35.1 Å². The molecule has 4 heteroatoms. The summed E-state index contributed by atoms with van der Waals surface area (Å²) < 4.78 is 7.56. The minimum atomic E-state index is 0.210. The summed E-state index contributed by atoms with van der Waals surface area (Å²) in [6.45, 7) is 9.14. The van der Waals surface area contributed by atoms with Gasteiger partial charge in [0.25, 0.3) is 0 Å². The minimum absolute atomic E-state index is 0.210. The monoisotopic (exact) mass is 264 g/mol. The number of hydrogen-bond acceptors (Lipinski definition) is 3. The van der Waals surface area contributed by atoms with Crippen LogP contribution >= 0.6 is 0 Å². The van der Waals surface area contributed by atoms with Gasteiger partial charge in [-0.15, -0.1) is 0 Å². The molecule has 1 unspecified atom stereocenters. The van der Waals surface area contributed by atoms with Gasteiger partial charge in [0.15, 0.2) is 5.78 Å². The molecule has 1 aliphatic rings. The van der Waals surface area contributed by atoms with Crippen molar-refractivity contribution in [1.82, 2.24) is 9.47 Å². The largest absolute Gasteiger partial charge is 0.380 e. The van der Waals surface area contributed by atoms with Crippen molar-refractivity contribution in [2.45, 2.75) is 39.8 Å². The van der Waals surface area contributed by atoms with Crippen LogP contribution in [0.3, 0.4) is 0 Å². The molecule has 1 aromatic heterocycles. The number of rotatable bonds is 5. The second kappa shape index (κ2) is 5.88. The van der Waals surface area contributed by atoms with Crippen molar-refractivity contribution in [2.24, 2.45) is 0 Å². The van der Waals surface area contributed by atoms with Crippen LogP contribution in [-0.2, 0) is 11.3 Å². The van der Waals surface area contributed by atoms with Gasteiger partial charge in [-0.25, -0.2) is 0 Å². The van der Waals surface area contributed by atoms with E-state index in [-0.39, 0.29) is 5.78 Å². The topological polar surface area (TPSA) is 34.5 Å². The van der Waals surface area contributed by atoms with E-state index in [0.717, 1.165) is 43.1 Å². The number of carbonyl (C=O) groups excluding carboxylic acids is 1. The summed E-state index contributed by atoms with van der Waals surface area (Å²) in [5.41, 5.74) is 3.11. The van der Waals surface area contributed by atoms with E-state index in [9.17, 15) is 4.79 Å². The predicted octanol–water partition coefficient (Wildman–Crippen LogP) is 2.03. The van der Waals surface area contributed by atoms with Crippen LogP contribution in [0.15, 0.2) is 6.07 Å². The second-order valence-electron chi connectivity index (χ2n) is 5.38. The molecule has 0 spiro atoms. The summed E-state index contributed by atoms with van der Waals surface area (Å²) in [7, 11) is 2.01. The Balaban J connectivity index is 2.07. The van der Waals surface area contributed by atoms with E-state index >= 15 is 0 Å². The highest BCUT2D eigenvalue weighted by molar-refractivity contribution is 5.99. The predicted molar refractivity (Wildman–Crippen MR) is 75.8 cm³/mol. The van der Waals surface area contributed by atoms with Crippen LogP contribution in [0.25, 0.3) is 0 Å². The summed E-state index contributed by atoms with van der Waals surface area (Å²) >= 11 is 0. The lowest BCUT2D eigenvalue weighted by molar-refractivity contribution is 0.0906. The van der Waals surface area contributed by atoms with E-state index in [2.05, 4.69) is 23.3 Å². The molecule has 2 rings (SSSR count). The third kappa shape index (κ3) is 2.90. The van der Waals surface area contributed by atoms with Gasteiger partial charge >= 0.3 is 0 Å². The van der Waals surface area contributed by atoms with Gasteiger partial charge in [0.2, 0.25) is 0 Å². The van der Waals surface area contributed by atoms with E-state index in [1.807, 2.05) is 20.0 Å². The average molecular weight is 264 g/mol. The molecule has 1 saturated heterocycles. The molecule has 4 nitrogen and oxygen atoms in total. The minimum Gasteiger partial charge on any atom is -0.380 e. The van der Waals surface area contributed by atoms with Crippen molar-refractivity contribution in [3.05, 3.63) is 23.0 Å². The molecule has 2 heterocycles. The van der Waals surface area contributed by atoms with Gasteiger partial charge in [0, 0.05) is 36.1 Å². The first-order chi connectivity index (χ1) is 9.04. The summed E-state index contributed by atoms with van der Waals surface area (Å²) in [6, 6.07) is 2.40. The van der Waals surface area contributed by atoms with Crippen molar-refractivity contribution in [3.8, 4) is 0 Å². The zero-order valence-electron chi connectivity index (χ0n) is 12.4. The third-order valence-electron chi connectivity index (χ3n) is 4.11. The Morgan fingerprint density at radius 2 is 2.26 bits per heavy atom. The van der Waals surface area contributed by atoms with E-state index in [4.69, 9.17) is 4.74 Å². The molecule has 19 heavy (non-hydrogen) atoms. The maximum atomic E-state index is 12.4. The Bertz CT molecular complexity index is 459. The van der Waals surface area contributed by atoms with Gasteiger partial charge in [-0.05, 0) is 40.3 Å². The molecule has 1 fully saturated rings. The highest BCUT2D eigenvalue weighted by atomic mass is 16.5. The first-order valence-corrected chi connectivity index (χ1v) is 7.02. The van der Waals surface area contributed by atoms with Crippen molar-refractivity contribution < 1.29 is 9.53 Å². The number of aryl methyl sites for hydroxylation is 1. The van der Waals surface area contributed by atoms with Crippen molar-refractivity contribution >= 4 is 5.78 Å². The molecule has 0 bridgehead atoms. The molecular formula is C15H24N2O2. The Morgan fingerprint density at radius 3 is 2.79 bits per heavy atom. The summed E-state index contributed by atoms with van der Waals surface area (Å²) in [4.78, 5) is 14.5. The van der Waals surface area contributed by atoms with Crippen LogP contribution in [0, 0.1) is 13.8 Å². The molecule has 1 aliphatic heterocycles. The van der Waals surface area contributed by atoms with E-state index < -0.39 is 0 Å². The van der Waals surface area contributed by atoms with Gasteiger partial charge in [0.05, 0.1) is 13.2 Å². The number of aromatic nitrogens is 1. The van der Waals surface area contributed by atoms with Crippen LogP contribution < -0.4 is 0 Å². The van der Waals surface area contributed by atoms with E-state index in [1.165, 1.54) is 0 Å². The highest BCUT2D eigenvalue weighted by Crippen LogP contribution is 2.17. The molecule has 0 saturated carbocycles. The van der Waals surface area contributed by atoms with Gasteiger partial charge < -0.3 is 9.30 Å². The van der Waals surface area contributed by atoms with Crippen LogP contribution in [-0.4, -0.2) is 48.1 Å². The molecule has 0 aliphatic carbocycles. The Morgan fingerprint density at radius 1 is 1.53 bits per heavy atom. The van der Waals surface area contributed by atoms with Gasteiger partial charge in [-0.1, -0.05) is 0 Å². The molecule has 0 amide bonds. The van der Waals surface area contributed by atoms with Crippen LogP contribution in [0.2, 0.25) is 0 Å². The van der Waals surface area contributed by atoms with Crippen molar-refractivity contribution in [1.29, 1.82) is 0 Å². The first kappa shape index (κ1) is 14.3. The fourth-order valence-electron chi connectivity index (χ4n) is 2.88. The molecular weight excluding hydrogens is 240 g/mol. The van der Waals surface area contributed by atoms with E-state index in [1.54, 1.807) is 0 Å². The zero-order valence-corrected chi connectivity index (χ0v) is 12.4. The number of ether oxygens (including phenoxy) is 1. The Kier molecular flexibility index (Phi) is 4.42. The summed E-state index contributed by atoms with van der Waals surface area (Å²) in [5.74, 6) is 0.210.